The van der Waals surface area contributed by atoms with E-state index in [9.17, 15) is 4.79 Å². The molecule has 0 saturated carbocycles. The third-order valence-electron chi connectivity index (χ3n) is 3.12. The standard InChI is InChI=1S/C13H26N2O/c1-11(2)10-14-12(3)13(16)15-8-6-4-5-7-9-15/h11-12,14H,4-10H2,1-3H3. The predicted molar refractivity (Wildman–Crippen MR) is 67.4 cm³/mol. The number of hydrogen-bond acceptors (Lipinski definition) is 2. The quantitative estimate of drug-likeness (QED) is 0.795. The molecule has 1 N–H and O–H groups in total. The first-order valence-electron chi connectivity index (χ1n) is 6.63. The maximum absolute atomic E-state index is 12.1. The van der Waals surface area contributed by atoms with Gasteiger partial charge in [0.25, 0.3) is 0 Å². The van der Waals surface area contributed by atoms with Gasteiger partial charge < -0.3 is 10.2 Å². The molecule has 0 radical (unpaired) electrons. The van der Waals surface area contributed by atoms with Crippen molar-refractivity contribution in [3.63, 3.8) is 0 Å². The van der Waals surface area contributed by atoms with Crippen LogP contribution in [0.5, 0.6) is 0 Å². The zero-order valence-corrected chi connectivity index (χ0v) is 11.0. The SMILES string of the molecule is CC(C)CNC(C)C(=O)N1CCCCCC1. The van der Waals surface area contributed by atoms with Crippen LogP contribution in [0.4, 0.5) is 0 Å². The Morgan fingerprint density at radius 1 is 1.12 bits per heavy atom. The Balaban J connectivity index is 2.35. The molecular weight excluding hydrogens is 200 g/mol. The lowest BCUT2D eigenvalue weighted by Gasteiger charge is -2.25. The minimum atomic E-state index is -0.0273. The van der Waals surface area contributed by atoms with Crippen LogP contribution in [0, 0.1) is 5.92 Å². The van der Waals surface area contributed by atoms with Gasteiger partial charge in [0.2, 0.25) is 5.91 Å². The summed E-state index contributed by atoms with van der Waals surface area (Å²) in [5, 5.41) is 3.31. The number of nitrogens with zero attached hydrogens (tertiary/aromatic N) is 1. The summed E-state index contributed by atoms with van der Waals surface area (Å²) < 4.78 is 0. The van der Waals surface area contributed by atoms with Crippen LogP contribution in [0.1, 0.15) is 46.5 Å². The molecule has 1 rings (SSSR count). The molecule has 0 aromatic rings. The predicted octanol–water partition coefficient (Wildman–Crippen LogP) is 2.02. The lowest BCUT2D eigenvalue weighted by Crippen LogP contribution is -2.46. The molecule has 3 nitrogen and oxygen atoms in total. The largest absolute Gasteiger partial charge is 0.341 e. The molecule has 16 heavy (non-hydrogen) atoms. The highest BCUT2D eigenvalue weighted by Crippen LogP contribution is 2.10. The van der Waals surface area contributed by atoms with Crippen molar-refractivity contribution in [2.24, 2.45) is 5.92 Å². The fourth-order valence-electron chi connectivity index (χ4n) is 2.06. The molecule has 1 aliphatic rings. The van der Waals surface area contributed by atoms with Gasteiger partial charge in [-0.3, -0.25) is 4.79 Å². The molecule has 0 spiro atoms. The molecule has 1 saturated heterocycles. The van der Waals surface area contributed by atoms with Crippen LogP contribution in [0.25, 0.3) is 0 Å². The Hall–Kier alpha value is -0.570. The number of hydrogen-bond donors (Lipinski definition) is 1. The summed E-state index contributed by atoms with van der Waals surface area (Å²) in [4.78, 5) is 14.2. The maximum atomic E-state index is 12.1. The van der Waals surface area contributed by atoms with Gasteiger partial charge in [-0.1, -0.05) is 26.7 Å². The van der Waals surface area contributed by atoms with Crippen LogP contribution in [-0.2, 0) is 4.79 Å². The highest BCUT2D eigenvalue weighted by atomic mass is 16.2. The molecule has 0 aromatic heterocycles. The molecular formula is C13H26N2O. The van der Waals surface area contributed by atoms with Crippen LogP contribution in [-0.4, -0.2) is 36.5 Å². The normalized spacial score (nSPS) is 19.6. The van der Waals surface area contributed by atoms with Crippen molar-refractivity contribution >= 4 is 5.91 Å². The molecule has 94 valence electrons. The summed E-state index contributed by atoms with van der Waals surface area (Å²) >= 11 is 0. The minimum Gasteiger partial charge on any atom is -0.341 e. The zero-order chi connectivity index (χ0) is 12.0. The fraction of sp³-hybridized carbons (Fsp3) is 0.923. The van der Waals surface area contributed by atoms with Crippen LogP contribution in [0.2, 0.25) is 0 Å². The topological polar surface area (TPSA) is 32.3 Å². The lowest BCUT2D eigenvalue weighted by molar-refractivity contribution is -0.133. The highest BCUT2D eigenvalue weighted by Gasteiger charge is 2.20. The molecule has 1 unspecified atom stereocenters. The van der Waals surface area contributed by atoms with Crippen molar-refractivity contribution in [1.82, 2.24) is 10.2 Å². The smallest absolute Gasteiger partial charge is 0.239 e. The molecule has 1 amide bonds. The second-order valence-electron chi connectivity index (χ2n) is 5.26. The van der Waals surface area contributed by atoms with Gasteiger partial charge in [-0.05, 0) is 32.2 Å². The van der Waals surface area contributed by atoms with Crippen LogP contribution < -0.4 is 5.32 Å². The van der Waals surface area contributed by atoms with Gasteiger partial charge >= 0.3 is 0 Å². The van der Waals surface area contributed by atoms with Crippen molar-refractivity contribution in [1.29, 1.82) is 0 Å². The summed E-state index contributed by atoms with van der Waals surface area (Å²) in [6, 6.07) is -0.0273. The summed E-state index contributed by atoms with van der Waals surface area (Å²) in [5.41, 5.74) is 0. The van der Waals surface area contributed by atoms with Crippen LogP contribution in [0.15, 0.2) is 0 Å². The Morgan fingerprint density at radius 2 is 1.69 bits per heavy atom. The number of carbonyl (C=O) groups is 1. The molecule has 1 fully saturated rings. The van der Waals surface area contributed by atoms with E-state index in [-0.39, 0.29) is 11.9 Å². The molecule has 0 bridgehead atoms. The van der Waals surface area contributed by atoms with E-state index in [4.69, 9.17) is 0 Å². The van der Waals surface area contributed by atoms with Gasteiger partial charge in [0.15, 0.2) is 0 Å². The van der Waals surface area contributed by atoms with Crippen molar-refractivity contribution in [3.05, 3.63) is 0 Å². The molecule has 1 heterocycles. The summed E-state index contributed by atoms with van der Waals surface area (Å²) in [7, 11) is 0. The molecule has 1 aliphatic heterocycles. The fourth-order valence-corrected chi connectivity index (χ4v) is 2.06. The monoisotopic (exact) mass is 226 g/mol. The Morgan fingerprint density at radius 3 is 2.19 bits per heavy atom. The van der Waals surface area contributed by atoms with Gasteiger partial charge in [-0.2, -0.15) is 0 Å². The van der Waals surface area contributed by atoms with Gasteiger partial charge in [-0.15, -0.1) is 0 Å². The van der Waals surface area contributed by atoms with Gasteiger partial charge in [0, 0.05) is 13.1 Å². The van der Waals surface area contributed by atoms with Gasteiger partial charge in [0.05, 0.1) is 6.04 Å². The van der Waals surface area contributed by atoms with Crippen LogP contribution in [0.3, 0.4) is 0 Å². The molecule has 0 aromatic carbocycles. The lowest BCUT2D eigenvalue weighted by atomic mass is 10.2. The third kappa shape index (κ3) is 4.52. The first-order valence-corrected chi connectivity index (χ1v) is 6.63. The van der Waals surface area contributed by atoms with E-state index in [0.717, 1.165) is 19.6 Å². The van der Waals surface area contributed by atoms with Crippen molar-refractivity contribution in [2.75, 3.05) is 19.6 Å². The number of likely N-dealkylation sites (tertiary alicyclic amines) is 1. The molecule has 0 aliphatic carbocycles. The van der Waals surface area contributed by atoms with Crippen molar-refractivity contribution in [3.8, 4) is 0 Å². The van der Waals surface area contributed by atoms with E-state index < -0.39 is 0 Å². The number of amides is 1. The second kappa shape index (κ2) is 6.89. The first-order chi connectivity index (χ1) is 7.61. The Bertz CT molecular complexity index is 208. The first kappa shape index (κ1) is 13.5. The highest BCUT2D eigenvalue weighted by molar-refractivity contribution is 5.81. The van der Waals surface area contributed by atoms with Crippen molar-refractivity contribution in [2.45, 2.75) is 52.5 Å². The number of nitrogens with one attached hydrogen (secondary N) is 1. The second-order valence-corrected chi connectivity index (χ2v) is 5.26. The van der Waals surface area contributed by atoms with Crippen LogP contribution >= 0.6 is 0 Å². The van der Waals surface area contributed by atoms with Crippen molar-refractivity contribution < 1.29 is 4.79 Å². The van der Waals surface area contributed by atoms with E-state index in [0.29, 0.717) is 5.92 Å². The minimum absolute atomic E-state index is 0.0273. The van der Waals surface area contributed by atoms with Gasteiger partial charge in [0.1, 0.15) is 0 Å². The average molecular weight is 226 g/mol. The number of rotatable bonds is 4. The number of carbonyl (C=O) groups excluding carboxylic acids is 1. The summed E-state index contributed by atoms with van der Waals surface area (Å²) in [6.45, 7) is 9.13. The van der Waals surface area contributed by atoms with E-state index >= 15 is 0 Å². The summed E-state index contributed by atoms with van der Waals surface area (Å²) in [5.74, 6) is 0.877. The Kier molecular flexibility index (Phi) is 5.81. The van der Waals surface area contributed by atoms with Gasteiger partial charge in [-0.25, -0.2) is 0 Å². The van der Waals surface area contributed by atoms with E-state index in [1.165, 1.54) is 25.7 Å². The van der Waals surface area contributed by atoms with E-state index in [1.807, 2.05) is 11.8 Å². The average Bonchev–Trinajstić information content (AvgIpc) is 2.53. The Labute approximate surface area is 99.6 Å². The maximum Gasteiger partial charge on any atom is 0.239 e. The molecule has 1 atom stereocenters. The summed E-state index contributed by atoms with van der Waals surface area (Å²) in [6.07, 6.45) is 4.89. The van der Waals surface area contributed by atoms with E-state index in [1.54, 1.807) is 0 Å². The third-order valence-corrected chi connectivity index (χ3v) is 3.12. The molecule has 3 heteroatoms. The van der Waals surface area contributed by atoms with E-state index in [2.05, 4.69) is 19.2 Å². The zero-order valence-electron chi connectivity index (χ0n) is 11.0.